The van der Waals surface area contributed by atoms with E-state index in [4.69, 9.17) is 14.2 Å². The smallest absolute Gasteiger partial charge is 0.258 e. The number of piperidine rings is 1. The number of nitrogens with zero attached hydrogens (tertiary/aromatic N) is 5. The summed E-state index contributed by atoms with van der Waals surface area (Å²) in [4.78, 5) is 11.3. The highest BCUT2D eigenvalue weighted by atomic mass is 16.5. The van der Waals surface area contributed by atoms with E-state index < -0.39 is 0 Å². The quantitative estimate of drug-likeness (QED) is 0.627. The zero-order valence-electron chi connectivity index (χ0n) is 16.5. The van der Waals surface area contributed by atoms with E-state index in [-0.39, 0.29) is 5.41 Å². The molecule has 7 nitrogen and oxygen atoms in total. The van der Waals surface area contributed by atoms with Crippen molar-refractivity contribution in [1.82, 2.24) is 24.6 Å². The van der Waals surface area contributed by atoms with E-state index >= 15 is 0 Å². The Morgan fingerprint density at radius 3 is 2.64 bits per heavy atom. The van der Waals surface area contributed by atoms with E-state index in [1.54, 1.807) is 19.5 Å². The Morgan fingerprint density at radius 1 is 1.18 bits per heavy atom. The van der Waals surface area contributed by atoms with Gasteiger partial charge in [-0.3, -0.25) is 9.88 Å². The highest BCUT2D eigenvalue weighted by molar-refractivity contribution is 5.51. The molecule has 0 saturated carbocycles. The van der Waals surface area contributed by atoms with Gasteiger partial charge in [0.25, 0.3) is 5.89 Å². The first kappa shape index (κ1) is 18.8. The van der Waals surface area contributed by atoms with Crippen molar-refractivity contribution in [1.29, 1.82) is 0 Å². The van der Waals surface area contributed by atoms with E-state index in [0.29, 0.717) is 12.5 Å². The van der Waals surface area contributed by atoms with Crippen molar-refractivity contribution in [2.24, 2.45) is 7.05 Å². The highest BCUT2D eigenvalue weighted by Crippen LogP contribution is 2.38. The number of likely N-dealkylation sites (tertiary alicyclic amines) is 1. The van der Waals surface area contributed by atoms with Crippen LogP contribution in [0.4, 0.5) is 0 Å². The molecule has 4 heterocycles. The molecule has 3 aromatic heterocycles. The molecular weight excluding hydrogens is 354 g/mol. The summed E-state index contributed by atoms with van der Waals surface area (Å²) in [6.45, 7) is 3.68. The van der Waals surface area contributed by atoms with Crippen molar-refractivity contribution in [2.75, 3.05) is 26.8 Å². The Morgan fingerprint density at radius 2 is 1.96 bits per heavy atom. The fraction of sp³-hybridized carbons (Fsp3) is 0.476. The number of rotatable bonds is 7. The van der Waals surface area contributed by atoms with Crippen LogP contribution in [0, 0.1) is 0 Å². The topological polar surface area (TPSA) is 69.2 Å². The summed E-state index contributed by atoms with van der Waals surface area (Å²) in [5.41, 5.74) is 2.14. The van der Waals surface area contributed by atoms with Crippen LogP contribution in [0.5, 0.6) is 0 Å². The molecule has 1 aliphatic heterocycles. The third-order valence-corrected chi connectivity index (χ3v) is 5.86. The summed E-state index contributed by atoms with van der Waals surface area (Å²) in [6.07, 6.45) is 8.47. The molecule has 0 amide bonds. The number of ether oxygens (including phenoxy) is 1. The highest BCUT2D eigenvalue weighted by Gasteiger charge is 2.40. The van der Waals surface area contributed by atoms with Gasteiger partial charge < -0.3 is 13.8 Å². The van der Waals surface area contributed by atoms with Crippen LogP contribution in [0.25, 0.3) is 11.5 Å². The molecule has 7 heteroatoms. The van der Waals surface area contributed by atoms with Gasteiger partial charge in [-0.15, -0.1) is 0 Å². The number of hydrogen-bond donors (Lipinski definition) is 0. The van der Waals surface area contributed by atoms with Crippen LogP contribution in [0.3, 0.4) is 0 Å². The standard InChI is InChI=1S/C21H27N5O2/c1-25-12-3-4-18(25)16-26-13-7-21(8-14-26,9-15-27-2)20-23-19(28-24-20)17-5-10-22-11-6-17/h3-6,10-12H,7-9,13-16H2,1-2H3. The average Bonchev–Trinajstić information content (AvgIpc) is 3.39. The van der Waals surface area contributed by atoms with Gasteiger partial charge in [0.05, 0.1) is 0 Å². The predicted molar refractivity (Wildman–Crippen MR) is 106 cm³/mol. The maximum atomic E-state index is 5.59. The molecule has 1 aliphatic rings. The first-order chi connectivity index (χ1) is 13.7. The average molecular weight is 381 g/mol. The maximum Gasteiger partial charge on any atom is 0.258 e. The molecule has 28 heavy (non-hydrogen) atoms. The first-order valence-electron chi connectivity index (χ1n) is 9.76. The van der Waals surface area contributed by atoms with Crippen molar-refractivity contribution in [3.63, 3.8) is 0 Å². The molecule has 0 radical (unpaired) electrons. The zero-order valence-corrected chi connectivity index (χ0v) is 16.5. The van der Waals surface area contributed by atoms with Gasteiger partial charge in [-0.05, 0) is 56.6 Å². The Bertz CT molecular complexity index is 881. The normalized spacial score (nSPS) is 17.1. The first-order valence-corrected chi connectivity index (χ1v) is 9.76. The minimum atomic E-state index is -0.102. The van der Waals surface area contributed by atoms with Crippen LogP contribution in [0.1, 0.15) is 30.8 Å². The lowest BCUT2D eigenvalue weighted by Gasteiger charge is -2.39. The fourth-order valence-electron chi connectivity index (χ4n) is 3.96. The molecule has 0 N–H and O–H groups in total. The number of hydrogen-bond acceptors (Lipinski definition) is 6. The molecule has 3 aromatic rings. The Kier molecular flexibility index (Phi) is 5.54. The van der Waals surface area contributed by atoms with Crippen LogP contribution >= 0.6 is 0 Å². The summed E-state index contributed by atoms with van der Waals surface area (Å²) in [5.74, 6) is 1.36. The van der Waals surface area contributed by atoms with Gasteiger partial charge in [0, 0.05) is 62.6 Å². The largest absolute Gasteiger partial charge is 0.385 e. The second-order valence-electron chi connectivity index (χ2n) is 7.57. The van der Waals surface area contributed by atoms with Crippen LogP contribution < -0.4 is 0 Å². The molecule has 0 atom stereocenters. The summed E-state index contributed by atoms with van der Waals surface area (Å²) in [7, 11) is 3.85. The molecule has 0 spiro atoms. The van der Waals surface area contributed by atoms with Crippen molar-refractivity contribution < 1.29 is 9.26 Å². The second kappa shape index (κ2) is 8.24. The van der Waals surface area contributed by atoms with Gasteiger partial charge in [-0.1, -0.05) is 5.16 Å². The monoisotopic (exact) mass is 381 g/mol. The number of pyridine rings is 1. The van der Waals surface area contributed by atoms with Crippen LogP contribution in [-0.2, 0) is 23.7 Å². The summed E-state index contributed by atoms with van der Waals surface area (Å²) < 4.78 is 13.2. The lowest BCUT2D eigenvalue weighted by atomic mass is 9.75. The molecule has 0 bridgehead atoms. The lowest BCUT2D eigenvalue weighted by Crippen LogP contribution is -2.43. The summed E-state index contributed by atoms with van der Waals surface area (Å²) in [6, 6.07) is 8.07. The van der Waals surface area contributed by atoms with Gasteiger partial charge in [0.15, 0.2) is 5.82 Å². The second-order valence-corrected chi connectivity index (χ2v) is 7.57. The molecule has 1 saturated heterocycles. The van der Waals surface area contributed by atoms with E-state index in [2.05, 4.69) is 45.0 Å². The van der Waals surface area contributed by atoms with Crippen LogP contribution in [-0.4, -0.2) is 51.4 Å². The van der Waals surface area contributed by atoms with Gasteiger partial charge in [-0.2, -0.15) is 4.98 Å². The van der Waals surface area contributed by atoms with E-state index in [9.17, 15) is 0 Å². The Balaban J connectivity index is 1.50. The number of methoxy groups -OCH3 is 1. The van der Waals surface area contributed by atoms with Crippen molar-refractivity contribution >= 4 is 0 Å². The molecule has 148 valence electrons. The molecule has 1 fully saturated rings. The number of aromatic nitrogens is 4. The van der Waals surface area contributed by atoms with E-state index in [1.165, 1.54) is 5.69 Å². The minimum Gasteiger partial charge on any atom is -0.385 e. The number of aryl methyl sites for hydroxylation is 1. The summed E-state index contributed by atoms with van der Waals surface area (Å²) in [5, 5.41) is 4.37. The maximum absolute atomic E-state index is 5.59. The zero-order chi connectivity index (χ0) is 19.4. The van der Waals surface area contributed by atoms with E-state index in [1.807, 2.05) is 12.1 Å². The van der Waals surface area contributed by atoms with Crippen molar-refractivity contribution in [3.05, 3.63) is 54.4 Å². The van der Waals surface area contributed by atoms with Crippen LogP contribution in [0.15, 0.2) is 47.4 Å². The van der Waals surface area contributed by atoms with Gasteiger partial charge in [-0.25, -0.2) is 0 Å². The Labute approximate surface area is 165 Å². The van der Waals surface area contributed by atoms with Gasteiger partial charge >= 0.3 is 0 Å². The van der Waals surface area contributed by atoms with Crippen LogP contribution in [0.2, 0.25) is 0 Å². The van der Waals surface area contributed by atoms with Crippen molar-refractivity contribution in [3.8, 4) is 11.5 Å². The fourth-order valence-corrected chi connectivity index (χ4v) is 3.96. The minimum absolute atomic E-state index is 0.102. The third-order valence-electron chi connectivity index (χ3n) is 5.86. The lowest BCUT2D eigenvalue weighted by molar-refractivity contribution is 0.102. The third kappa shape index (κ3) is 3.86. The molecule has 0 unspecified atom stereocenters. The molecular formula is C21H27N5O2. The van der Waals surface area contributed by atoms with E-state index in [0.717, 1.165) is 50.3 Å². The predicted octanol–water partition coefficient (Wildman–Crippen LogP) is 3.04. The SMILES string of the molecule is COCCC1(c2noc(-c3ccncc3)n2)CCN(Cc2cccn2C)CC1. The Hall–Kier alpha value is -2.51. The summed E-state index contributed by atoms with van der Waals surface area (Å²) >= 11 is 0. The molecule has 0 aliphatic carbocycles. The molecule has 0 aromatic carbocycles. The van der Waals surface area contributed by atoms with Gasteiger partial charge in [0.1, 0.15) is 0 Å². The van der Waals surface area contributed by atoms with Crippen molar-refractivity contribution in [2.45, 2.75) is 31.2 Å². The molecule has 4 rings (SSSR count). The van der Waals surface area contributed by atoms with Gasteiger partial charge in [0.2, 0.25) is 0 Å².